The molecule has 0 spiro atoms. The van der Waals surface area contributed by atoms with Crippen LogP contribution < -0.4 is 19.7 Å². The van der Waals surface area contributed by atoms with E-state index in [1.54, 1.807) is 44.6 Å². The number of para-hydroxylation sites is 1. The standard InChI is InChI=1S/C27H30N2O5/c1-18-9-4-7-12-21(18)29(27(31)23-13-8-16-34-23)25(26(30)28-20-10-5-6-11-20)19-14-15-22(32-2)24(17-19)33-3/h4,7-9,12-17,20,25H,5-6,10-11H2,1-3H3,(H,28,30)/t25-/m1/s1. The van der Waals surface area contributed by atoms with Gasteiger partial charge in [-0.2, -0.15) is 0 Å². The number of furan rings is 1. The average molecular weight is 463 g/mol. The first kappa shape index (κ1) is 23.4. The molecule has 1 aromatic heterocycles. The van der Waals surface area contributed by atoms with Crippen molar-refractivity contribution in [3.8, 4) is 11.5 Å². The third-order valence-electron chi connectivity index (χ3n) is 6.26. The van der Waals surface area contributed by atoms with Crippen molar-refractivity contribution in [2.75, 3.05) is 19.1 Å². The lowest BCUT2D eigenvalue weighted by Gasteiger charge is -2.33. The zero-order valence-electron chi connectivity index (χ0n) is 19.7. The molecule has 1 heterocycles. The van der Waals surface area contributed by atoms with Gasteiger partial charge in [0.15, 0.2) is 17.3 Å². The lowest BCUT2D eigenvalue weighted by atomic mass is 10.00. The first-order chi connectivity index (χ1) is 16.5. The molecule has 1 saturated carbocycles. The van der Waals surface area contributed by atoms with E-state index in [9.17, 15) is 9.59 Å². The monoisotopic (exact) mass is 462 g/mol. The molecule has 2 aromatic carbocycles. The van der Waals surface area contributed by atoms with E-state index in [0.717, 1.165) is 31.2 Å². The van der Waals surface area contributed by atoms with Crippen LogP contribution in [0.2, 0.25) is 0 Å². The highest BCUT2D eigenvalue weighted by atomic mass is 16.5. The number of anilines is 1. The molecule has 178 valence electrons. The van der Waals surface area contributed by atoms with Crippen LogP contribution in [0.5, 0.6) is 11.5 Å². The summed E-state index contributed by atoms with van der Waals surface area (Å²) < 4.78 is 16.3. The molecule has 3 aromatic rings. The van der Waals surface area contributed by atoms with Gasteiger partial charge in [0.25, 0.3) is 5.91 Å². The van der Waals surface area contributed by atoms with Gasteiger partial charge in [-0.15, -0.1) is 0 Å². The van der Waals surface area contributed by atoms with Gasteiger partial charge in [0.1, 0.15) is 6.04 Å². The fourth-order valence-electron chi connectivity index (χ4n) is 4.51. The van der Waals surface area contributed by atoms with Gasteiger partial charge in [-0.05, 0) is 61.2 Å². The maximum absolute atomic E-state index is 13.8. The zero-order chi connectivity index (χ0) is 24.1. The number of carbonyl (C=O) groups excluding carboxylic acids is 2. The minimum Gasteiger partial charge on any atom is -0.493 e. The van der Waals surface area contributed by atoms with Gasteiger partial charge in [0, 0.05) is 11.7 Å². The fraction of sp³-hybridized carbons (Fsp3) is 0.333. The number of ether oxygens (including phenoxy) is 2. The Hall–Kier alpha value is -3.74. The molecule has 1 fully saturated rings. The molecule has 7 nitrogen and oxygen atoms in total. The molecule has 0 aliphatic heterocycles. The first-order valence-corrected chi connectivity index (χ1v) is 11.5. The van der Waals surface area contributed by atoms with E-state index in [0.29, 0.717) is 22.7 Å². The molecule has 0 saturated heterocycles. The van der Waals surface area contributed by atoms with Gasteiger partial charge in [-0.25, -0.2) is 0 Å². The summed E-state index contributed by atoms with van der Waals surface area (Å²) in [5.74, 6) is 0.528. The van der Waals surface area contributed by atoms with E-state index in [-0.39, 0.29) is 17.7 Å². The minimum atomic E-state index is -0.945. The van der Waals surface area contributed by atoms with E-state index in [2.05, 4.69) is 5.32 Å². The third kappa shape index (κ3) is 4.78. The van der Waals surface area contributed by atoms with Crippen LogP contribution in [0.15, 0.2) is 65.3 Å². The summed E-state index contributed by atoms with van der Waals surface area (Å²) in [4.78, 5) is 29.1. The number of methoxy groups -OCH3 is 2. The van der Waals surface area contributed by atoms with Crippen LogP contribution in [-0.4, -0.2) is 32.1 Å². The van der Waals surface area contributed by atoms with Gasteiger partial charge in [0.2, 0.25) is 5.91 Å². The molecule has 0 bridgehead atoms. The molecule has 1 N–H and O–H groups in total. The number of aryl methyl sites for hydroxylation is 1. The van der Waals surface area contributed by atoms with Crippen molar-refractivity contribution in [3.63, 3.8) is 0 Å². The molecule has 1 aliphatic rings. The molecule has 1 atom stereocenters. The molecule has 7 heteroatoms. The average Bonchev–Trinajstić information content (AvgIpc) is 3.57. The highest BCUT2D eigenvalue weighted by Gasteiger charge is 2.36. The normalized spacial score (nSPS) is 14.4. The Morgan fingerprint density at radius 1 is 1.00 bits per heavy atom. The van der Waals surface area contributed by atoms with Crippen molar-refractivity contribution < 1.29 is 23.5 Å². The fourth-order valence-corrected chi connectivity index (χ4v) is 4.51. The highest BCUT2D eigenvalue weighted by Crippen LogP contribution is 2.36. The number of carbonyl (C=O) groups is 2. The van der Waals surface area contributed by atoms with Crippen molar-refractivity contribution in [1.29, 1.82) is 0 Å². The summed E-state index contributed by atoms with van der Waals surface area (Å²) >= 11 is 0. The van der Waals surface area contributed by atoms with Gasteiger partial charge in [-0.1, -0.05) is 37.1 Å². The van der Waals surface area contributed by atoms with Gasteiger partial charge < -0.3 is 19.2 Å². The Morgan fingerprint density at radius 3 is 2.38 bits per heavy atom. The van der Waals surface area contributed by atoms with Gasteiger partial charge in [-0.3, -0.25) is 14.5 Å². The SMILES string of the molecule is COc1ccc([C@H](C(=O)NC2CCCC2)N(C(=O)c2ccco2)c2ccccc2C)cc1OC. The second-order valence-electron chi connectivity index (χ2n) is 8.45. The van der Waals surface area contributed by atoms with Crippen LogP contribution in [0, 0.1) is 6.92 Å². The number of nitrogens with zero attached hydrogens (tertiary/aromatic N) is 1. The topological polar surface area (TPSA) is 81.0 Å². The highest BCUT2D eigenvalue weighted by molar-refractivity contribution is 6.09. The van der Waals surface area contributed by atoms with E-state index in [1.807, 2.05) is 31.2 Å². The zero-order valence-corrected chi connectivity index (χ0v) is 19.7. The minimum absolute atomic E-state index is 0.0904. The predicted octanol–water partition coefficient (Wildman–Crippen LogP) is 5.05. The van der Waals surface area contributed by atoms with Crippen molar-refractivity contribution in [2.45, 2.75) is 44.7 Å². The molecule has 4 rings (SSSR count). The summed E-state index contributed by atoms with van der Waals surface area (Å²) in [7, 11) is 3.10. The largest absolute Gasteiger partial charge is 0.493 e. The van der Waals surface area contributed by atoms with E-state index >= 15 is 0 Å². The number of rotatable bonds is 8. The summed E-state index contributed by atoms with van der Waals surface area (Å²) in [6, 6.07) is 15.2. The van der Waals surface area contributed by atoms with Crippen LogP contribution in [0.1, 0.15) is 53.4 Å². The summed E-state index contributed by atoms with van der Waals surface area (Å²) in [6.45, 7) is 1.91. The Bertz CT molecular complexity index is 1140. The van der Waals surface area contributed by atoms with Crippen LogP contribution in [0.3, 0.4) is 0 Å². The van der Waals surface area contributed by atoms with Crippen molar-refractivity contribution in [3.05, 3.63) is 77.7 Å². The van der Waals surface area contributed by atoms with Crippen LogP contribution in [0.25, 0.3) is 0 Å². The summed E-state index contributed by atoms with van der Waals surface area (Å²) in [6.07, 6.45) is 5.48. The molecule has 0 unspecified atom stereocenters. The maximum atomic E-state index is 13.8. The van der Waals surface area contributed by atoms with Crippen LogP contribution in [-0.2, 0) is 4.79 Å². The Labute approximate surface area is 199 Å². The smallest absolute Gasteiger partial charge is 0.294 e. The Kier molecular flexibility index (Phi) is 7.21. The van der Waals surface area contributed by atoms with Crippen molar-refractivity contribution in [2.24, 2.45) is 0 Å². The number of amides is 2. The van der Waals surface area contributed by atoms with Gasteiger partial charge >= 0.3 is 0 Å². The summed E-state index contributed by atoms with van der Waals surface area (Å²) in [5, 5.41) is 3.18. The molecule has 2 amide bonds. The lowest BCUT2D eigenvalue weighted by molar-refractivity contribution is -0.123. The predicted molar refractivity (Wildman–Crippen MR) is 129 cm³/mol. The molecular weight excluding hydrogens is 432 g/mol. The number of benzene rings is 2. The van der Waals surface area contributed by atoms with Crippen molar-refractivity contribution >= 4 is 17.5 Å². The summed E-state index contributed by atoms with van der Waals surface area (Å²) in [5.41, 5.74) is 2.10. The van der Waals surface area contributed by atoms with Crippen molar-refractivity contribution in [1.82, 2.24) is 5.32 Å². The number of nitrogens with one attached hydrogen (secondary N) is 1. The van der Waals surface area contributed by atoms with Crippen LogP contribution >= 0.6 is 0 Å². The first-order valence-electron chi connectivity index (χ1n) is 11.5. The maximum Gasteiger partial charge on any atom is 0.294 e. The third-order valence-corrected chi connectivity index (χ3v) is 6.26. The number of hydrogen-bond acceptors (Lipinski definition) is 5. The Morgan fingerprint density at radius 2 is 1.74 bits per heavy atom. The number of hydrogen-bond donors (Lipinski definition) is 1. The van der Waals surface area contributed by atoms with Crippen LogP contribution in [0.4, 0.5) is 5.69 Å². The van der Waals surface area contributed by atoms with E-state index < -0.39 is 11.9 Å². The Balaban J connectivity index is 1.86. The molecular formula is C27H30N2O5. The molecule has 34 heavy (non-hydrogen) atoms. The molecule has 0 radical (unpaired) electrons. The van der Waals surface area contributed by atoms with E-state index in [4.69, 9.17) is 13.9 Å². The van der Waals surface area contributed by atoms with E-state index in [1.165, 1.54) is 11.2 Å². The quantitative estimate of drug-likeness (QED) is 0.507. The second kappa shape index (κ2) is 10.5. The second-order valence-corrected chi connectivity index (χ2v) is 8.45. The van der Waals surface area contributed by atoms with Gasteiger partial charge in [0.05, 0.1) is 20.5 Å². The molecule has 1 aliphatic carbocycles. The lowest BCUT2D eigenvalue weighted by Crippen LogP contribution is -2.46.